The van der Waals surface area contributed by atoms with Crippen LogP contribution in [0.15, 0.2) is 18.2 Å². The lowest BCUT2D eigenvalue weighted by molar-refractivity contribution is -0.120. The Balaban J connectivity index is 2.04. The zero-order chi connectivity index (χ0) is 15.5. The number of amides is 1. The smallest absolute Gasteiger partial charge is 0.229 e. The zero-order valence-corrected chi connectivity index (χ0v) is 13.2. The average Bonchev–Trinajstić information content (AvgIpc) is 2.41. The van der Waals surface area contributed by atoms with Gasteiger partial charge in [0.1, 0.15) is 0 Å². The van der Waals surface area contributed by atoms with Crippen LogP contribution in [0.5, 0.6) is 0 Å². The van der Waals surface area contributed by atoms with Crippen molar-refractivity contribution < 1.29 is 13.2 Å². The van der Waals surface area contributed by atoms with Crippen molar-refractivity contribution in [1.82, 2.24) is 5.32 Å². The van der Waals surface area contributed by atoms with Gasteiger partial charge < -0.3 is 10.6 Å². The SMILES string of the molecule is CS(=O)(=O)Nc1ccc(NC(=O)C2CCCNC2)cc1Cl. The Kier molecular flexibility index (Phi) is 5.08. The summed E-state index contributed by atoms with van der Waals surface area (Å²) in [6.07, 6.45) is 2.89. The van der Waals surface area contributed by atoms with Gasteiger partial charge in [-0.05, 0) is 37.6 Å². The maximum Gasteiger partial charge on any atom is 0.229 e. The van der Waals surface area contributed by atoms with Gasteiger partial charge in [0, 0.05) is 12.2 Å². The maximum atomic E-state index is 12.1. The molecule has 1 aliphatic rings. The van der Waals surface area contributed by atoms with Crippen LogP contribution in [0.3, 0.4) is 0 Å². The van der Waals surface area contributed by atoms with Gasteiger partial charge in [-0.25, -0.2) is 8.42 Å². The van der Waals surface area contributed by atoms with E-state index in [1.165, 1.54) is 12.1 Å². The Hall–Kier alpha value is -1.31. The fourth-order valence-corrected chi connectivity index (χ4v) is 3.06. The van der Waals surface area contributed by atoms with Crippen LogP contribution >= 0.6 is 11.6 Å². The van der Waals surface area contributed by atoms with Crippen LogP contribution in [0.1, 0.15) is 12.8 Å². The number of carbonyl (C=O) groups is 1. The molecule has 1 amide bonds. The van der Waals surface area contributed by atoms with Gasteiger partial charge in [-0.2, -0.15) is 0 Å². The number of benzene rings is 1. The second-order valence-electron chi connectivity index (χ2n) is 5.10. The molecule has 0 spiro atoms. The van der Waals surface area contributed by atoms with Crippen LogP contribution in [-0.2, 0) is 14.8 Å². The molecule has 0 radical (unpaired) electrons. The van der Waals surface area contributed by atoms with Gasteiger partial charge in [0.25, 0.3) is 0 Å². The molecule has 1 aromatic rings. The highest BCUT2D eigenvalue weighted by Crippen LogP contribution is 2.26. The first kappa shape index (κ1) is 16.1. The molecule has 0 aliphatic carbocycles. The van der Waals surface area contributed by atoms with Crippen LogP contribution < -0.4 is 15.4 Å². The summed E-state index contributed by atoms with van der Waals surface area (Å²) in [5, 5.41) is 6.22. The molecule has 0 saturated carbocycles. The molecule has 1 atom stereocenters. The number of hydrogen-bond acceptors (Lipinski definition) is 4. The molecule has 3 N–H and O–H groups in total. The number of carbonyl (C=O) groups excluding carboxylic acids is 1. The van der Waals surface area contributed by atoms with Crippen molar-refractivity contribution in [1.29, 1.82) is 0 Å². The van der Waals surface area contributed by atoms with Gasteiger partial charge in [-0.1, -0.05) is 11.6 Å². The molecule has 8 heteroatoms. The van der Waals surface area contributed by atoms with Crippen LogP contribution in [0, 0.1) is 5.92 Å². The lowest BCUT2D eigenvalue weighted by Gasteiger charge is -2.22. The molecule has 2 rings (SSSR count). The van der Waals surface area contributed by atoms with E-state index in [-0.39, 0.29) is 22.5 Å². The molecule has 1 aliphatic heterocycles. The van der Waals surface area contributed by atoms with E-state index >= 15 is 0 Å². The van der Waals surface area contributed by atoms with E-state index in [2.05, 4.69) is 15.4 Å². The maximum absolute atomic E-state index is 12.1. The van der Waals surface area contributed by atoms with Crippen molar-refractivity contribution in [3.05, 3.63) is 23.2 Å². The summed E-state index contributed by atoms with van der Waals surface area (Å²) in [6.45, 7) is 1.62. The van der Waals surface area contributed by atoms with Gasteiger partial charge in [0.15, 0.2) is 0 Å². The third-order valence-corrected chi connectivity index (χ3v) is 4.10. The lowest BCUT2D eigenvalue weighted by Crippen LogP contribution is -2.37. The molecule has 6 nitrogen and oxygen atoms in total. The second-order valence-corrected chi connectivity index (χ2v) is 7.26. The molecule has 116 valence electrons. The minimum Gasteiger partial charge on any atom is -0.326 e. The summed E-state index contributed by atoms with van der Waals surface area (Å²) in [7, 11) is -3.38. The fourth-order valence-electron chi connectivity index (χ4n) is 2.20. The highest BCUT2D eigenvalue weighted by atomic mass is 35.5. The highest BCUT2D eigenvalue weighted by Gasteiger charge is 2.21. The molecule has 1 fully saturated rings. The van der Waals surface area contributed by atoms with Crippen molar-refractivity contribution in [3.8, 4) is 0 Å². The summed E-state index contributed by atoms with van der Waals surface area (Å²) < 4.78 is 24.7. The van der Waals surface area contributed by atoms with E-state index in [0.29, 0.717) is 12.2 Å². The molecule has 0 bridgehead atoms. The van der Waals surface area contributed by atoms with E-state index in [1.54, 1.807) is 6.07 Å². The minimum atomic E-state index is -3.38. The predicted molar refractivity (Wildman–Crippen MR) is 84.1 cm³/mol. The number of nitrogens with one attached hydrogen (secondary N) is 3. The largest absolute Gasteiger partial charge is 0.326 e. The van der Waals surface area contributed by atoms with Crippen LogP contribution in [0.25, 0.3) is 0 Å². The zero-order valence-electron chi connectivity index (χ0n) is 11.6. The quantitative estimate of drug-likeness (QED) is 0.783. The summed E-state index contributed by atoms with van der Waals surface area (Å²) in [4.78, 5) is 12.1. The first-order valence-corrected chi connectivity index (χ1v) is 8.91. The fraction of sp³-hybridized carbons (Fsp3) is 0.462. The summed E-state index contributed by atoms with van der Waals surface area (Å²) >= 11 is 6.01. The minimum absolute atomic E-state index is 0.0497. The van der Waals surface area contributed by atoms with Gasteiger partial charge in [0.2, 0.25) is 15.9 Å². The van der Waals surface area contributed by atoms with E-state index < -0.39 is 10.0 Å². The second kappa shape index (κ2) is 6.64. The summed E-state index contributed by atoms with van der Waals surface area (Å²) in [6, 6.07) is 4.68. The molecule has 1 aromatic carbocycles. The predicted octanol–water partition coefficient (Wildman–Crippen LogP) is 1.65. The van der Waals surface area contributed by atoms with Crippen molar-refractivity contribution in [2.75, 3.05) is 29.4 Å². The Morgan fingerprint density at radius 2 is 2.19 bits per heavy atom. The molecule has 1 unspecified atom stereocenters. The first-order valence-electron chi connectivity index (χ1n) is 6.64. The Morgan fingerprint density at radius 3 is 2.76 bits per heavy atom. The lowest BCUT2D eigenvalue weighted by atomic mass is 9.99. The van der Waals surface area contributed by atoms with Crippen LogP contribution in [0.4, 0.5) is 11.4 Å². The van der Waals surface area contributed by atoms with Gasteiger partial charge in [0.05, 0.1) is 22.9 Å². The van der Waals surface area contributed by atoms with E-state index in [9.17, 15) is 13.2 Å². The van der Waals surface area contributed by atoms with E-state index in [1.807, 2.05) is 0 Å². The van der Waals surface area contributed by atoms with Gasteiger partial charge >= 0.3 is 0 Å². The summed E-state index contributed by atoms with van der Waals surface area (Å²) in [5.74, 6) is -0.103. The molecule has 0 aromatic heterocycles. The van der Waals surface area contributed by atoms with Gasteiger partial charge in [-0.3, -0.25) is 9.52 Å². The van der Waals surface area contributed by atoms with Crippen molar-refractivity contribution in [2.24, 2.45) is 5.92 Å². The molecular formula is C13H18ClN3O3S. The number of anilines is 2. The normalized spacial score (nSPS) is 19.0. The monoisotopic (exact) mass is 331 g/mol. The van der Waals surface area contributed by atoms with E-state index in [0.717, 1.165) is 25.6 Å². The molecule has 1 saturated heterocycles. The highest BCUT2D eigenvalue weighted by molar-refractivity contribution is 7.92. The first-order chi connectivity index (χ1) is 9.85. The van der Waals surface area contributed by atoms with Crippen LogP contribution in [-0.4, -0.2) is 33.7 Å². The Bertz CT molecular complexity index is 628. The molecule has 1 heterocycles. The third kappa shape index (κ3) is 4.87. The van der Waals surface area contributed by atoms with Crippen molar-refractivity contribution >= 4 is 38.9 Å². The van der Waals surface area contributed by atoms with Crippen LogP contribution in [0.2, 0.25) is 5.02 Å². The summed E-state index contributed by atoms with van der Waals surface area (Å²) in [5.41, 5.74) is 0.839. The van der Waals surface area contributed by atoms with Crippen molar-refractivity contribution in [3.63, 3.8) is 0 Å². The molecule has 21 heavy (non-hydrogen) atoms. The average molecular weight is 332 g/mol. The Morgan fingerprint density at radius 1 is 1.43 bits per heavy atom. The number of hydrogen-bond donors (Lipinski definition) is 3. The Labute approximate surface area is 129 Å². The number of piperidine rings is 1. The van der Waals surface area contributed by atoms with Gasteiger partial charge in [-0.15, -0.1) is 0 Å². The third-order valence-electron chi connectivity index (χ3n) is 3.20. The standard InChI is InChI=1S/C13H18ClN3O3S/c1-21(19,20)17-12-5-4-10(7-11(12)14)16-13(18)9-3-2-6-15-8-9/h4-5,7,9,15,17H,2-3,6,8H2,1H3,(H,16,18). The van der Waals surface area contributed by atoms with E-state index in [4.69, 9.17) is 11.6 Å². The molecular weight excluding hydrogens is 314 g/mol. The number of rotatable bonds is 4. The van der Waals surface area contributed by atoms with Crippen molar-refractivity contribution in [2.45, 2.75) is 12.8 Å². The topological polar surface area (TPSA) is 87.3 Å². The number of sulfonamides is 1. The number of halogens is 1.